The van der Waals surface area contributed by atoms with Crippen molar-refractivity contribution >= 4 is 0 Å². The summed E-state index contributed by atoms with van der Waals surface area (Å²) < 4.78 is 5.61. The van der Waals surface area contributed by atoms with Crippen molar-refractivity contribution in [2.45, 2.75) is 58.0 Å². The van der Waals surface area contributed by atoms with E-state index in [2.05, 4.69) is 30.3 Å². The molecule has 2 heteroatoms. The summed E-state index contributed by atoms with van der Waals surface area (Å²) in [7, 11) is 0. The van der Waals surface area contributed by atoms with E-state index in [0.29, 0.717) is 12.6 Å². The summed E-state index contributed by atoms with van der Waals surface area (Å²) in [5, 5.41) is 3.68. The van der Waals surface area contributed by atoms with Gasteiger partial charge in [0.15, 0.2) is 0 Å². The van der Waals surface area contributed by atoms with Crippen LogP contribution in [0.2, 0.25) is 0 Å². The van der Waals surface area contributed by atoms with Crippen molar-refractivity contribution in [2.24, 2.45) is 5.92 Å². The molecule has 0 unspecified atom stereocenters. The van der Waals surface area contributed by atoms with Gasteiger partial charge >= 0.3 is 0 Å². The largest absolute Gasteiger partial charge is 0.481 e. The molecule has 1 aromatic carbocycles. The third-order valence-corrected chi connectivity index (χ3v) is 4.51. The second kappa shape index (κ2) is 8.74. The highest BCUT2D eigenvalue weighted by Gasteiger charge is 2.18. The normalized spacial score (nSPS) is 17.7. The lowest BCUT2D eigenvalue weighted by Crippen LogP contribution is -2.33. The Balaban J connectivity index is 1.88. The van der Waals surface area contributed by atoms with E-state index in [1.54, 1.807) is 0 Å². The molecule has 114 valence electrons. The molecular weight excluding hydrogens is 258 g/mol. The number of rotatable bonds is 6. The minimum absolute atomic E-state index is 0.329. The maximum Gasteiger partial charge on any atom is 0.148 e. The van der Waals surface area contributed by atoms with Gasteiger partial charge in [-0.3, -0.25) is 0 Å². The lowest BCUT2D eigenvalue weighted by Gasteiger charge is -2.24. The fourth-order valence-electron chi connectivity index (χ4n) is 3.16. The second-order valence-electron chi connectivity index (χ2n) is 6.02. The molecule has 0 aromatic heterocycles. The van der Waals surface area contributed by atoms with Gasteiger partial charge in [-0.25, -0.2) is 0 Å². The zero-order valence-electron chi connectivity index (χ0n) is 13.1. The fraction of sp³-hybridized carbons (Fsp3) is 0.579. The molecule has 0 aliphatic heterocycles. The van der Waals surface area contributed by atoms with Crippen LogP contribution in [0.4, 0.5) is 0 Å². The summed E-state index contributed by atoms with van der Waals surface area (Å²) in [4.78, 5) is 0. The van der Waals surface area contributed by atoms with Gasteiger partial charge in [0.2, 0.25) is 0 Å². The lowest BCUT2D eigenvalue weighted by molar-refractivity contribution is 0.330. The Morgan fingerprint density at radius 1 is 1.24 bits per heavy atom. The average Bonchev–Trinajstić information content (AvgIpc) is 2.80. The quantitative estimate of drug-likeness (QED) is 0.626. The van der Waals surface area contributed by atoms with Crippen LogP contribution in [0.3, 0.4) is 0 Å². The Kier molecular flexibility index (Phi) is 6.63. The number of nitrogens with one attached hydrogen (secondary N) is 1. The Morgan fingerprint density at radius 2 is 1.95 bits per heavy atom. The first kappa shape index (κ1) is 15.9. The van der Waals surface area contributed by atoms with Crippen molar-refractivity contribution in [1.82, 2.24) is 5.32 Å². The highest BCUT2D eigenvalue weighted by Crippen LogP contribution is 2.26. The van der Waals surface area contributed by atoms with Gasteiger partial charge < -0.3 is 10.1 Å². The molecule has 0 bridgehead atoms. The highest BCUT2D eigenvalue weighted by molar-refractivity contribution is 5.33. The van der Waals surface area contributed by atoms with Gasteiger partial charge in [0.1, 0.15) is 12.4 Å². The van der Waals surface area contributed by atoms with Gasteiger partial charge in [-0.15, -0.1) is 6.42 Å². The predicted molar refractivity (Wildman–Crippen MR) is 88.3 cm³/mol. The molecule has 1 saturated carbocycles. The standard InChI is InChI=1S/C19H27NO/c1-3-14-21-19-13-9-8-12-18(19)15-20-16(2)17-10-6-4-5-7-11-17/h1,8-9,12-13,16-17,20H,4-7,10-11,14-15H2,2H3/t16-/m0/s1. The summed E-state index contributed by atoms with van der Waals surface area (Å²) in [6.45, 7) is 3.49. The molecule has 1 N–H and O–H groups in total. The van der Waals surface area contributed by atoms with Gasteiger partial charge in [0.25, 0.3) is 0 Å². The van der Waals surface area contributed by atoms with Gasteiger partial charge in [-0.2, -0.15) is 0 Å². The van der Waals surface area contributed by atoms with Crippen LogP contribution in [0.15, 0.2) is 24.3 Å². The van der Waals surface area contributed by atoms with Crippen LogP contribution < -0.4 is 10.1 Å². The van der Waals surface area contributed by atoms with Crippen LogP contribution in [-0.2, 0) is 6.54 Å². The highest BCUT2D eigenvalue weighted by atomic mass is 16.5. The molecule has 2 rings (SSSR count). The lowest BCUT2D eigenvalue weighted by atomic mass is 9.93. The molecule has 0 spiro atoms. The van der Waals surface area contributed by atoms with Crippen molar-refractivity contribution < 1.29 is 4.74 Å². The van der Waals surface area contributed by atoms with Crippen molar-refractivity contribution in [3.63, 3.8) is 0 Å². The molecule has 1 fully saturated rings. The van der Waals surface area contributed by atoms with E-state index in [1.165, 1.54) is 44.1 Å². The molecule has 1 atom stereocenters. The number of hydrogen-bond acceptors (Lipinski definition) is 2. The smallest absolute Gasteiger partial charge is 0.148 e. The molecule has 0 amide bonds. The zero-order chi connectivity index (χ0) is 14.9. The molecule has 1 aliphatic carbocycles. The van der Waals surface area contributed by atoms with E-state index in [0.717, 1.165) is 18.2 Å². The zero-order valence-corrected chi connectivity index (χ0v) is 13.1. The Bertz CT molecular complexity index is 455. The Hall–Kier alpha value is -1.46. The van der Waals surface area contributed by atoms with Crippen molar-refractivity contribution in [1.29, 1.82) is 0 Å². The van der Waals surface area contributed by atoms with Gasteiger partial charge in [-0.05, 0) is 31.7 Å². The SMILES string of the molecule is C#CCOc1ccccc1CN[C@@H](C)C1CCCCCC1. The van der Waals surface area contributed by atoms with Gasteiger partial charge in [0.05, 0.1) is 0 Å². The number of benzene rings is 1. The first-order chi connectivity index (χ1) is 10.3. The summed E-state index contributed by atoms with van der Waals surface area (Å²) in [6, 6.07) is 8.70. The van der Waals surface area contributed by atoms with Crippen molar-refractivity contribution in [3.05, 3.63) is 29.8 Å². The molecule has 21 heavy (non-hydrogen) atoms. The Labute approximate surface area is 129 Å². The first-order valence-electron chi connectivity index (χ1n) is 8.19. The second-order valence-corrected chi connectivity index (χ2v) is 6.02. The Morgan fingerprint density at radius 3 is 2.67 bits per heavy atom. The number of hydrogen-bond donors (Lipinski definition) is 1. The number of terminal acetylenes is 1. The molecule has 1 aromatic rings. The minimum Gasteiger partial charge on any atom is -0.481 e. The molecule has 0 heterocycles. The van der Waals surface area contributed by atoms with Gasteiger partial charge in [0, 0.05) is 18.2 Å². The van der Waals surface area contributed by atoms with Crippen LogP contribution in [0.25, 0.3) is 0 Å². The number of ether oxygens (including phenoxy) is 1. The monoisotopic (exact) mass is 285 g/mol. The van der Waals surface area contributed by atoms with E-state index in [-0.39, 0.29) is 0 Å². The molecule has 2 nitrogen and oxygen atoms in total. The molecule has 0 saturated heterocycles. The third-order valence-electron chi connectivity index (χ3n) is 4.51. The summed E-state index contributed by atoms with van der Waals surface area (Å²) >= 11 is 0. The number of para-hydroxylation sites is 1. The minimum atomic E-state index is 0.329. The van der Waals surface area contributed by atoms with E-state index in [9.17, 15) is 0 Å². The van der Waals surface area contributed by atoms with E-state index >= 15 is 0 Å². The predicted octanol–water partition coefficient (Wildman–Crippen LogP) is 4.15. The van der Waals surface area contributed by atoms with Crippen LogP contribution in [-0.4, -0.2) is 12.6 Å². The average molecular weight is 285 g/mol. The van der Waals surface area contributed by atoms with Crippen LogP contribution in [0.1, 0.15) is 51.0 Å². The van der Waals surface area contributed by atoms with E-state index in [1.807, 2.05) is 12.1 Å². The van der Waals surface area contributed by atoms with Gasteiger partial charge in [-0.1, -0.05) is 49.8 Å². The summed E-state index contributed by atoms with van der Waals surface area (Å²) in [5.74, 6) is 4.23. The molecule has 0 radical (unpaired) electrons. The fourth-order valence-corrected chi connectivity index (χ4v) is 3.16. The van der Waals surface area contributed by atoms with Crippen molar-refractivity contribution in [3.8, 4) is 18.1 Å². The van der Waals surface area contributed by atoms with Crippen LogP contribution >= 0.6 is 0 Å². The van der Waals surface area contributed by atoms with Crippen LogP contribution in [0.5, 0.6) is 5.75 Å². The van der Waals surface area contributed by atoms with Crippen molar-refractivity contribution in [2.75, 3.05) is 6.61 Å². The molecule has 1 aliphatic rings. The van der Waals surface area contributed by atoms with Crippen LogP contribution in [0, 0.1) is 18.3 Å². The first-order valence-corrected chi connectivity index (χ1v) is 8.19. The van der Waals surface area contributed by atoms with E-state index in [4.69, 9.17) is 11.2 Å². The van der Waals surface area contributed by atoms with E-state index < -0.39 is 0 Å². The molecular formula is C19H27NO. The third kappa shape index (κ3) is 5.10. The maximum atomic E-state index is 5.61. The maximum absolute atomic E-state index is 5.61. The summed E-state index contributed by atoms with van der Waals surface area (Å²) in [6.07, 6.45) is 13.6. The summed E-state index contributed by atoms with van der Waals surface area (Å²) in [5.41, 5.74) is 1.19. The topological polar surface area (TPSA) is 21.3 Å².